The van der Waals surface area contributed by atoms with Crippen LogP contribution >= 0.6 is 0 Å². The van der Waals surface area contributed by atoms with Crippen LogP contribution < -0.4 is 5.32 Å². The van der Waals surface area contributed by atoms with Gasteiger partial charge in [0.15, 0.2) is 0 Å². The Hall–Kier alpha value is -0.120. The van der Waals surface area contributed by atoms with Crippen LogP contribution in [0.2, 0.25) is 0 Å². The monoisotopic (exact) mass is 279 g/mol. The number of piperidine rings is 1. The fourth-order valence-electron chi connectivity index (χ4n) is 4.40. The van der Waals surface area contributed by atoms with Crippen molar-refractivity contribution in [2.75, 3.05) is 45.8 Å². The van der Waals surface area contributed by atoms with Crippen LogP contribution in [0.1, 0.15) is 51.4 Å². The lowest BCUT2D eigenvalue weighted by molar-refractivity contribution is 0.0956. The van der Waals surface area contributed by atoms with E-state index in [1.54, 1.807) is 0 Å². The van der Waals surface area contributed by atoms with Gasteiger partial charge >= 0.3 is 0 Å². The molecule has 1 aliphatic carbocycles. The second-order valence-electron chi connectivity index (χ2n) is 7.17. The fourth-order valence-corrected chi connectivity index (χ4v) is 4.40. The minimum Gasteiger partial charge on any atom is -0.316 e. The lowest BCUT2D eigenvalue weighted by Gasteiger charge is -2.38. The van der Waals surface area contributed by atoms with E-state index in [1.807, 2.05) is 0 Å². The molecule has 3 fully saturated rings. The van der Waals surface area contributed by atoms with Gasteiger partial charge in [-0.25, -0.2) is 0 Å². The normalized spacial score (nSPS) is 30.9. The molecule has 1 N–H and O–H groups in total. The third kappa shape index (κ3) is 4.19. The van der Waals surface area contributed by atoms with Crippen LogP contribution in [0.5, 0.6) is 0 Å². The summed E-state index contributed by atoms with van der Waals surface area (Å²) in [5.41, 5.74) is 0. The molecule has 1 saturated carbocycles. The second kappa shape index (κ2) is 7.77. The molecule has 20 heavy (non-hydrogen) atoms. The first-order valence-corrected chi connectivity index (χ1v) is 9.09. The molecule has 0 bridgehead atoms. The van der Waals surface area contributed by atoms with Gasteiger partial charge in [0.05, 0.1) is 0 Å². The van der Waals surface area contributed by atoms with Crippen LogP contribution in [-0.4, -0.2) is 61.7 Å². The number of piperazine rings is 1. The van der Waals surface area contributed by atoms with Gasteiger partial charge in [-0.05, 0) is 64.1 Å². The maximum atomic E-state index is 3.54. The summed E-state index contributed by atoms with van der Waals surface area (Å²) in [6, 6.07) is 0.936. The van der Waals surface area contributed by atoms with Crippen molar-refractivity contribution in [2.45, 2.75) is 57.4 Å². The predicted molar refractivity (Wildman–Crippen MR) is 85.1 cm³/mol. The Labute approximate surface area is 125 Å². The first-order valence-electron chi connectivity index (χ1n) is 9.09. The Bertz CT molecular complexity index is 261. The van der Waals surface area contributed by atoms with Crippen molar-refractivity contribution in [1.29, 1.82) is 0 Å². The highest BCUT2D eigenvalue weighted by molar-refractivity contribution is 4.82. The number of rotatable bonds is 5. The van der Waals surface area contributed by atoms with Crippen molar-refractivity contribution in [1.82, 2.24) is 15.1 Å². The summed E-state index contributed by atoms with van der Waals surface area (Å²) in [6.45, 7) is 9.16. The molecule has 0 aromatic heterocycles. The van der Waals surface area contributed by atoms with Gasteiger partial charge in [-0.3, -0.25) is 4.90 Å². The largest absolute Gasteiger partial charge is 0.316 e. The third-order valence-electron chi connectivity index (χ3n) is 5.73. The lowest BCUT2D eigenvalue weighted by atomic mass is 9.94. The topological polar surface area (TPSA) is 18.5 Å². The second-order valence-corrected chi connectivity index (χ2v) is 7.17. The summed E-state index contributed by atoms with van der Waals surface area (Å²) in [5.74, 6) is 0.962. The Morgan fingerprint density at radius 2 is 1.70 bits per heavy atom. The maximum Gasteiger partial charge on any atom is 0.0113 e. The molecule has 116 valence electrons. The van der Waals surface area contributed by atoms with Gasteiger partial charge in [-0.15, -0.1) is 0 Å². The van der Waals surface area contributed by atoms with E-state index in [4.69, 9.17) is 0 Å². The first kappa shape index (κ1) is 14.8. The van der Waals surface area contributed by atoms with Gasteiger partial charge in [0, 0.05) is 32.2 Å². The Kier molecular flexibility index (Phi) is 5.75. The molecular formula is C17H33N3. The highest BCUT2D eigenvalue weighted by Crippen LogP contribution is 2.24. The molecular weight excluding hydrogens is 246 g/mol. The van der Waals surface area contributed by atoms with Gasteiger partial charge in [0.2, 0.25) is 0 Å². The van der Waals surface area contributed by atoms with Gasteiger partial charge in [0.1, 0.15) is 0 Å². The zero-order valence-electron chi connectivity index (χ0n) is 13.2. The number of nitrogens with zero attached hydrogens (tertiary/aromatic N) is 2. The van der Waals surface area contributed by atoms with Crippen molar-refractivity contribution in [3.05, 3.63) is 0 Å². The number of nitrogens with one attached hydrogen (secondary N) is 1. The lowest BCUT2D eigenvalue weighted by Crippen LogP contribution is -2.49. The van der Waals surface area contributed by atoms with E-state index in [1.165, 1.54) is 97.2 Å². The van der Waals surface area contributed by atoms with Crippen molar-refractivity contribution in [2.24, 2.45) is 5.92 Å². The molecule has 0 amide bonds. The SMILES string of the molecule is C1CNCC(CCCN2CCN(C3CCCC3)CC2)C1. The van der Waals surface area contributed by atoms with Crippen LogP contribution in [0.4, 0.5) is 0 Å². The van der Waals surface area contributed by atoms with Crippen LogP contribution in [-0.2, 0) is 0 Å². The molecule has 3 rings (SSSR count). The molecule has 2 saturated heterocycles. The van der Waals surface area contributed by atoms with Crippen molar-refractivity contribution in [3.63, 3.8) is 0 Å². The van der Waals surface area contributed by atoms with Crippen molar-refractivity contribution in [3.8, 4) is 0 Å². The molecule has 0 spiro atoms. The van der Waals surface area contributed by atoms with E-state index in [2.05, 4.69) is 15.1 Å². The van der Waals surface area contributed by atoms with Gasteiger partial charge < -0.3 is 10.2 Å². The highest BCUT2D eigenvalue weighted by atomic mass is 15.3. The summed E-state index contributed by atoms with van der Waals surface area (Å²) in [7, 11) is 0. The van der Waals surface area contributed by atoms with Crippen molar-refractivity contribution >= 4 is 0 Å². The molecule has 3 heteroatoms. The summed E-state index contributed by atoms with van der Waals surface area (Å²) in [6.07, 6.45) is 11.6. The smallest absolute Gasteiger partial charge is 0.0113 e. The number of hydrogen-bond donors (Lipinski definition) is 1. The van der Waals surface area contributed by atoms with E-state index in [9.17, 15) is 0 Å². The Morgan fingerprint density at radius 3 is 2.40 bits per heavy atom. The van der Waals surface area contributed by atoms with Crippen LogP contribution in [0, 0.1) is 5.92 Å². The van der Waals surface area contributed by atoms with Crippen LogP contribution in [0.15, 0.2) is 0 Å². The zero-order valence-corrected chi connectivity index (χ0v) is 13.2. The van der Waals surface area contributed by atoms with Crippen molar-refractivity contribution < 1.29 is 0 Å². The molecule has 1 atom stereocenters. The first-order chi connectivity index (χ1) is 9.92. The molecule has 0 aromatic rings. The summed E-state index contributed by atoms with van der Waals surface area (Å²) < 4.78 is 0. The Balaban J connectivity index is 1.28. The van der Waals surface area contributed by atoms with Gasteiger partial charge in [0.25, 0.3) is 0 Å². The predicted octanol–water partition coefficient (Wildman–Crippen LogP) is 2.33. The van der Waals surface area contributed by atoms with E-state index in [0.717, 1.165) is 12.0 Å². The average molecular weight is 279 g/mol. The van der Waals surface area contributed by atoms with Crippen LogP contribution in [0.3, 0.4) is 0 Å². The zero-order chi connectivity index (χ0) is 13.6. The van der Waals surface area contributed by atoms with Crippen LogP contribution in [0.25, 0.3) is 0 Å². The molecule has 2 heterocycles. The quantitative estimate of drug-likeness (QED) is 0.833. The molecule has 1 unspecified atom stereocenters. The molecule has 2 aliphatic heterocycles. The Morgan fingerprint density at radius 1 is 0.900 bits per heavy atom. The maximum absolute atomic E-state index is 3.54. The fraction of sp³-hybridized carbons (Fsp3) is 1.00. The van der Waals surface area contributed by atoms with E-state index in [-0.39, 0.29) is 0 Å². The van der Waals surface area contributed by atoms with E-state index >= 15 is 0 Å². The van der Waals surface area contributed by atoms with Gasteiger partial charge in [-0.2, -0.15) is 0 Å². The number of hydrogen-bond acceptors (Lipinski definition) is 3. The molecule has 0 aromatic carbocycles. The van der Waals surface area contributed by atoms with E-state index < -0.39 is 0 Å². The average Bonchev–Trinajstić information content (AvgIpc) is 3.03. The summed E-state index contributed by atoms with van der Waals surface area (Å²) >= 11 is 0. The third-order valence-corrected chi connectivity index (χ3v) is 5.73. The minimum absolute atomic E-state index is 0.936. The highest BCUT2D eigenvalue weighted by Gasteiger charge is 2.25. The summed E-state index contributed by atoms with van der Waals surface area (Å²) in [4.78, 5) is 5.48. The van der Waals surface area contributed by atoms with Gasteiger partial charge in [-0.1, -0.05) is 12.8 Å². The van der Waals surface area contributed by atoms with E-state index in [0.29, 0.717) is 0 Å². The molecule has 3 nitrogen and oxygen atoms in total. The standard InChI is InChI=1S/C17H33N3/c1-2-8-17(7-1)20-13-11-19(12-14-20)10-4-6-16-5-3-9-18-15-16/h16-18H,1-15H2. The summed E-state index contributed by atoms with van der Waals surface area (Å²) in [5, 5.41) is 3.54. The molecule has 0 radical (unpaired) electrons. The minimum atomic E-state index is 0.936. The molecule has 3 aliphatic rings.